The first-order valence-corrected chi connectivity index (χ1v) is 15.7. The lowest BCUT2D eigenvalue weighted by molar-refractivity contribution is -0.137. The van der Waals surface area contributed by atoms with Gasteiger partial charge in [0.25, 0.3) is 0 Å². The third-order valence-electron chi connectivity index (χ3n) is 9.49. The number of hydrogen-bond acceptors (Lipinski definition) is 9. The van der Waals surface area contributed by atoms with Crippen LogP contribution < -0.4 is 20.7 Å². The summed E-state index contributed by atoms with van der Waals surface area (Å²) in [6, 6.07) is 5.35. The van der Waals surface area contributed by atoms with Crippen LogP contribution in [0.15, 0.2) is 24.3 Å². The van der Waals surface area contributed by atoms with Gasteiger partial charge in [-0.2, -0.15) is 28.4 Å². The summed E-state index contributed by atoms with van der Waals surface area (Å²) in [5.74, 6) is -0.687. The summed E-state index contributed by atoms with van der Waals surface area (Å²) >= 11 is 0.779. The Labute approximate surface area is 263 Å². The molecule has 0 radical (unpaired) electrons. The predicted molar refractivity (Wildman–Crippen MR) is 163 cm³/mol. The van der Waals surface area contributed by atoms with Crippen LogP contribution in [0.1, 0.15) is 30.4 Å². The number of nitriles is 1. The summed E-state index contributed by atoms with van der Waals surface area (Å²) in [6.45, 7) is 1.42. The standard InChI is InChI=1S/C31H29F6N7OS/c1-43(24-12-40-11-22(24)34)28-18-7-20(31(35,36)37)17(16-3-4-21(33)26-25(16)19(10-38)27(39)46-26)8-23(18)41-29(42-28)45-14-30-5-2-6-44(30)13-15(32)9-30/h3-4,7-8,15,22,24,40H,2,5-6,9,11-14,39H2,1H3/t15-,22-,24+,30+/m1/s1. The fourth-order valence-corrected chi connectivity index (χ4v) is 8.22. The molecule has 8 nitrogen and oxygen atoms in total. The van der Waals surface area contributed by atoms with Gasteiger partial charge in [0, 0.05) is 43.9 Å². The van der Waals surface area contributed by atoms with E-state index in [1.807, 2.05) is 6.07 Å². The number of hydrogen-bond donors (Lipinski definition) is 2. The molecule has 2 aromatic carbocycles. The Bertz CT molecular complexity index is 1890. The average Bonchev–Trinajstić information content (AvgIpc) is 3.76. The molecule has 15 heteroatoms. The van der Waals surface area contributed by atoms with Crippen LogP contribution in [0.3, 0.4) is 0 Å². The molecule has 3 fully saturated rings. The molecule has 0 aliphatic carbocycles. The molecule has 4 aromatic rings. The number of anilines is 2. The highest BCUT2D eigenvalue weighted by molar-refractivity contribution is 7.23. The Morgan fingerprint density at radius 3 is 2.74 bits per heavy atom. The second-order valence-electron chi connectivity index (χ2n) is 12.2. The first-order chi connectivity index (χ1) is 21.9. The smallest absolute Gasteiger partial charge is 0.417 e. The minimum Gasteiger partial charge on any atom is -0.461 e. The number of fused-ring (bicyclic) bond motifs is 3. The van der Waals surface area contributed by atoms with Gasteiger partial charge >= 0.3 is 12.2 Å². The molecule has 5 heterocycles. The van der Waals surface area contributed by atoms with Gasteiger partial charge in [-0.3, -0.25) is 4.90 Å². The van der Waals surface area contributed by atoms with Crippen molar-refractivity contribution in [2.24, 2.45) is 0 Å². The number of benzene rings is 2. The van der Waals surface area contributed by atoms with E-state index in [0.717, 1.165) is 42.9 Å². The van der Waals surface area contributed by atoms with Crippen molar-refractivity contribution in [3.05, 3.63) is 41.2 Å². The topological polar surface area (TPSA) is 103 Å². The predicted octanol–water partition coefficient (Wildman–Crippen LogP) is 5.82. The van der Waals surface area contributed by atoms with Crippen LogP contribution in [0, 0.1) is 17.1 Å². The van der Waals surface area contributed by atoms with E-state index in [1.54, 1.807) is 7.05 Å². The number of rotatable bonds is 6. The number of nitrogens with one attached hydrogen (secondary N) is 1. The Balaban J connectivity index is 1.43. The maximum atomic E-state index is 14.9. The van der Waals surface area contributed by atoms with Crippen LogP contribution >= 0.6 is 11.3 Å². The summed E-state index contributed by atoms with van der Waals surface area (Å²) in [6.07, 6.45) is -5.32. The monoisotopic (exact) mass is 661 g/mol. The summed E-state index contributed by atoms with van der Waals surface area (Å²) in [5.41, 5.74) is 3.90. The summed E-state index contributed by atoms with van der Waals surface area (Å²) < 4.78 is 94.6. The SMILES string of the molecule is CN(c1nc(OC[C@@]23CCCN2C[C@H](F)C3)nc2cc(-c3ccc(F)c4sc(N)c(C#N)c34)c(C(F)(F)F)cc12)[C@H]1CNC[C@H]1F. The molecule has 0 unspecified atom stereocenters. The molecule has 46 heavy (non-hydrogen) atoms. The molecule has 3 aliphatic rings. The third-order valence-corrected chi connectivity index (χ3v) is 10.5. The van der Waals surface area contributed by atoms with Crippen molar-refractivity contribution in [1.82, 2.24) is 20.2 Å². The Morgan fingerprint density at radius 1 is 1.22 bits per heavy atom. The van der Waals surface area contributed by atoms with Crippen molar-refractivity contribution in [3.63, 3.8) is 0 Å². The number of nitrogens with zero attached hydrogens (tertiary/aromatic N) is 5. The molecule has 0 amide bonds. The minimum atomic E-state index is -4.89. The van der Waals surface area contributed by atoms with E-state index in [-0.39, 0.29) is 80.6 Å². The van der Waals surface area contributed by atoms with Crippen molar-refractivity contribution in [1.29, 1.82) is 5.26 Å². The number of alkyl halides is 5. The van der Waals surface area contributed by atoms with Crippen LogP contribution in [0.5, 0.6) is 6.01 Å². The van der Waals surface area contributed by atoms with E-state index < -0.39 is 41.5 Å². The highest BCUT2D eigenvalue weighted by atomic mass is 32.1. The number of nitrogens with two attached hydrogens (primary N) is 1. The highest BCUT2D eigenvalue weighted by Crippen LogP contribution is 2.47. The number of aromatic nitrogens is 2. The van der Waals surface area contributed by atoms with Gasteiger partial charge in [-0.15, -0.1) is 11.3 Å². The molecule has 7 rings (SSSR count). The van der Waals surface area contributed by atoms with E-state index in [4.69, 9.17) is 10.5 Å². The van der Waals surface area contributed by atoms with Gasteiger partial charge < -0.3 is 20.7 Å². The molecule has 3 saturated heterocycles. The van der Waals surface area contributed by atoms with E-state index in [1.165, 1.54) is 17.0 Å². The van der Waals surface area contributed by atoms with Crippen LogP contribution in [-0.4, -0.2) is 78.6 Å². The van der Waals surface area contributed by atoms with Crippen LogP contribution in [0.4, 0.5) is 37.2 Å². The van der Waals surface area contributed by atoms with E-state index in [9.17, 15) is 31.6 Å². The van der Waals surface area contributed by atoms with Crippen LogP contribution in [0.2, 0.25) is 0 Å². The van der Waals surface area contributed by atoms with Gasteiger partial charge in [0.05, 0.1) is 32.9 Å². The molecule has 2 aromatic heterocycles. The van der Waals surface area contributed by atoms with Crippen LogP contribution in [0.25, 0.3) is 32.1 Å². The van der Waals surface area contributed by atoms with Gasteiger partial charge in [0.1, 0.15) is 41.7 Å². The lowest BCUT2D eigenvalue weighted by atomic mass is 9.93. The maximum Gasteiger partial charge on any atom is 0.417 e. The second kappa shape index (κ2) is 11.1. The van der Waals surface area contributed by atoms with Crippen molar-refractivity contribution in [2.45, 2.75) is 49.4 Å². The Kier molecular flexibility index (Phi) is 7.45. The van der Waals surface area contributed by atoms with Gasteiger partial charge in [0.15, 0.2) is 0 Å². The Hall–Kier alpha value is -3.87. The molecule has 0 saturated carbocycles. The lowest BCUT2D eigenvalue weighted by Gasteiger charge is -2.31. The average molecular weight is 662 g/mol. The van der Waals surface area contributed by atoms with Crippen molar-refractivity contribution < 1.29 is 31.1 Å². The summed E-state index contributed by atoms with van der Waals surface area (Å²) in [7, 11) is 1.55. The van der Waals surface area contributed by atoms with Gasteiger partial charge in [-0.05, 0) is 48.7 Å². The number of thiophene rings is 1. The van der Waals surface area contributed by atoms with Gasteiger partial charge in [-0.25, -0.2) is 13.2 Å². The number of nitrogen functional groups attached to an aromatic ring is 1. The zero-order valence-corrected chi connectivity index (χ0v) is 25.4. The fourth-order valence-electron chi connectivity index (χ4n) is 7.27. The summed E-state index contributed by atoms with van der Waals surface area (Å²) in [5, 5.41) is 12.7. The molecular formula is C31H29F6N7OS. The molecule has 242 valence electrons. The quantitative estimate of drug-likeness (QED) is 0.249. The summed E-state index contributed by atoms with van der Waals surface area (Å²) in [4.78, 5) is 12.5. The molecular weight excluding hydrogens is 632 g/mol. The number of halogens is 6. The first-order valence-electron chi connectivity index (χ1n) is 14.8. The zero-order valence-electron chi connectivity index (χ0n) is 24.6. The zero-order chi connectivity index (χ0) is 32.5. The number of ether oxygens (including phenoxy) is 1. The fraction of sp³-hybridized carbons (Fsp3) is 0.452. The van der Waals surface area contributed by atoms with E-state index >= 15 is 0 Å². The first kappa shape index (κ1) is 30.8. The van der Waals surface area contributed by atoms with Gasteiger partial charge in [-0.1, -0.05) is 6.07 Å². The van der Waals surface area contributed by atoms with Crippen molar-refractivity contribution in [3.8, 4) is 23.2 Å². The highest BCUT2D eigenvalue weighted by Gasteiger charge is 2.49. The molecule has 4 atom stereocenters. The van der Waals surface area contributed by atoms with Crippen molar-refractivity contribution in [2.75, 3.05) is 50.5 Å². The maximum absolute atomic E-state index is 14.9. The minimum absolute atomic E-state index is 0.000866. The molecule has 3 N–H and O–H groups in total. The Morgan fingerprint density at radius 2 is 2.02 bits per heavy atom. The second-order valence-corrected chi connectivity index (χ2v) is 13.3. The molecule has 0 spiro atoms. The largest absolute Gasteiger partial charge is 0.461 e. The number of likely N-dealkylation sites (N-methyl/N-ethyl adjacent to an activating group) is 1. The normalized spacial score (nSPS) is 25.0. The molecule has 3 aliphatic heterocycles. The van der Waals surface area contributed by atoms with Crippen LogP contribution in [-0.2, 0) is 6.18 Å². The van der Waals surface area contributed by atoms with Crippen molar-refractivity contribution >= 4 is 43.1 Å². The van der Waals surface area contributed by atoms with Gasteiger partial charge in [0.2, 0.25) is 0 Å². The molecule has 0 bridgehead atoms. The lowest BCUT2D eigenvalue weighted by Crippen LogP contribution is -2.43. The van der Waals surface area contributed by atoms with E-state index in [0.29, 0.717) is 6.54 Å². The third kappa shape index (κ3) is 4.98. The van der Waals surface area contributed by atoms with E-state index in [2.05, 4.69) is 20.2 Å².